The fourth-order valence-corrected chi connectivity index (χ4v) is 1.01. The van der Waals surface area contributed by atoms with Gasteiger partial charge in [-0.05, 0) is 12.1 Å². The molecule has 0 spiro atoms. The van der Waals surface area contributed by atoms with Crippen LogP contribution in [-0.4, -0.2) is 16.0 Å². The Morgan fingerprint density at radius 1 is 1.47 bits per heavy atom. The van der Waals surface area contributed by atoms with Crippen LogP contribution in [0.15, 0.2) is 18.2 Å². The van der Waals surface area contributed by atoms with Crippen LogP contribution in [0.2, 0.25) is 5.02 Å². The number of hydrogen-bond donors (Lipinski definition) is 1. The van der Waals surface area contributed by atoms with Gasteiger partial charge in [0.25, 0.3) is 5.69 Å². The second-order valence-corrected chi connectivity index (χ2v) is 2.66. The number of aromatic carboxylic acids is 1. The molecule has 6 heteroatoms. The second-order valence-electron chi connectivity index (χ2n) is 2.22. The Hall–Kier alpha value is -1.62. The van der Waals surface area contributed by atoms with Crippen molar-refractivity contribution in [1.82, 2.24) is 0 Å². The van der Waals surface area contributed by atoms with Gasteiger partial charge in [0.2, 0.25) is 0 Å². The van der Waals surface area contributed by atoms with Crippen LogP contribution in [0.25, 0.3) is 0 Å². The Labute approximate surface area is 91.4 Å². The second kappa shape index (κ2) is 5.98. The number of carboxylic acids is 1. The number of carbonyl (C=O) groups is 1. The largest absolute Gasteiger partial charge is 0.477 e. The van der Waals surface area contributed by atoms with E-state index in [1.165, 1.54) is 6.07 Å². The van der Waals surface area contributed by atoms with Crippen molar-refractivity contribution in [2.45, 2.75) is 13.8 Å². The smallest absolute Gasteiger partial charge is 0.342 e. The molecule has 0 bridgehead atoms. The van der Waals surface area contributed by atoms with Gasteiger partial charge in [0.1, 0.15) is 5.56 Å². The molecule has 1 aromatic rings. The number of benzene rings is 1. The Bertz CT molecular complexity index is 378. The summed E-state index contributed by atoms with van der Waals surface area (Å²) in [6.45, 7) is 4.00. The summed E-state index contributed by atoms with van der Waals surface area (Å²) in [7, 11) is 0. The van der Waals surface area contributed by atoms with Gasteiger partial charge in [-0.2, -0.15) is 0 Å². The molecule has 0 saturated carbocycles. The first-order chi connectivity index (χ1) is 7.02. The van der Waals surface area contributed by atoms with Crippen LogP contribution in [0, 0.1) is 10.1 Å². The highest BCUT2D eigenvalue weighted by atomic mass is 35.5. The topological polar surface area (TPSA) is 80.4 Å². The normalized spacial score (nSPS) is 8.73. The molecular formula is C9H10ClNO4. The average Bonchev–Trinajstić information content (AvgIpc) is 2.20. The number of carboxylic acid groups (broad SMARTS) is 1. The standard InChI is InChI=1S/C7H4ClNO4.C2H6/c8-4-1-2-6(9(12)13)5(3-4)7(10)11;1-2/h1-3H,(H,10,11);1-2H3. The lowest BCUT2D eigenvalue weighted by molar-refractivity contribution is -0.385. The van der Waals surface area contributed by atoms with Crippen molar-refractivity contribution >= 4 is 23.3 Å². The number of halogens is 1. The maximum atomic E-state index is 10.5. The highest BCUT2D eigenvalue weighted by molar-refractivity contribution is 6.31. The molecule has 0 amide bonds. The summed E-state index contributed by atoms with van der Waals surface area (Å²) in [5.41, 5.74) is -0.866. The molecule has 0 heterocycles. The lowest BCUT2D eigenvalue weighted by Gasteiger charge is -1.97. The summed E-state index contributed by atoms with van der Waals surface area (Å²) in [4.78, 5) is 20.1. The number of nitrogens with zero attached hydrogens (tertiary/aromatic N) is 1. The molecule has 5 nitrogen and oxygen atoms in total. The zero-order chi connectivity index (χ0) is 12.0. The fourth-order valence-electron chi connectivity index (χ4n) is 0.839. The van der Waals surface area contributed by atoms with Crippen molar-refractivity contribution in [3.05, 3.63) is 38.9 Å². The van der Waals surface area contributed by atoms with Crippen molar-refractivity contribution < 1.29 is 14.8 Å². The van der Waals surface area contributed by atoms with E-state index in [-0.39, 0.29) is 5.02 Å². The molecule has 0 aliphatic rings. The van der Waals surface area contributed by atoms with Crippen LogP contribution in [0.1, 0.15) is 24.2 Å². The summed E-state index contributed by atoms with van der Waals surface area (Å²) in [5.74, 6) is -1.37. The van der Waals surface area contributed by atoms with Crippen LogP contribution >= 0.6 is 11.6 Å². The van der Waals surface area contributed by atoms with E-state index in [0.29, 0.717) is 0 Å². The van der Waals surface area contributed by atoms with E-state index in [0.717, 1.165) is 12.1 Å². The van der Waals surface area contributed by atoms with E-state index in [2.05, 4.69) is 0 Å². The minimum Gasteiger partial charge on any atom is -0.477 e. The minimum absolute atomic E-state index is 0.156. The monoisotopic (exact) mass is 231 g/mol. The summed E-state index contributed by atoms with van der Waals surface area (Å²) in [5, 5.41) is 19.1. The lowest BCUT2D eigenvalue weighted by Crippen LogP contribution is -2.02. The first-order valence-corrected chi connectivity index (χ1v) is 4.57. The molecule has 15 heavy (non-hydrogen) atoms. The molecule has 0 aliphatic heterocycles. The van der Waals surface area contributed by atoms with Crippen molar-refractivity contribution in [3.8, 4) is 0 Å². The first kappa shape index (κ1) is 13.4. The molecular weight excluding hydrogens is 222 g/mol. The van der Waals surface area contributed by atoms with Gasteiger partial charge in [-0.15, -0.1) is 0 Å². The van der Waals surface area contributed by atoms with Crippen LogP contribution in [0.4, 0.5) is 5.69 Å². The summed E-state index contributed by atoms with van der Waals surface area (Å²) in [6, 6.07) is 3.37. The van der Waals surface area contributed by atoms with Crippen LogP contribution in [0.3, 0.4) is 0 Å². The number of hydrogen-bond acceptors (Lipinski definition) is 3. The zero-order valence-corrected chi connectivity index (χ0v) is 8.99. The Morgan fingerprint density at radius 3 is 2.40 bits per heavy atom. The Morgan fingerprint density at radius 2 is 2.00 bits per heavy atom. The van der Waals surface area contributed by atoms with Crippen molar-refractivity contribution in [2.24, 2.45) is 0 Å². The molecule has 0 aliphatic carbocycles. The number of nitro benzene ring substituents is 1. The molecule has 82 valence electrons. The molecule has 0 atom stereocenters. The van der Waals surface area contributed by atoms with Gasteiger partial charge in [-0.25, -0.2) is 4.79 Å². The van der Waals surface area contributed by atoms with Crippen LogP contribution < -0.4 is 0 Å². The van der Waals surface area contributed by atoms with E-state index in [1.807, 2.05) is 13.8 Å². The predicted octanol–water partition coefficient (Wildman–Crippen LogP) is 2.97. The average molecular weight is 232 g/mol. The van der Waals surface area contributed by atoms with Gasteiger partial charge in [0, 0.05) is 11.1 Å². The van der Waals surface area contributed by atoms with Gasteiger partial charge in [0.15, 0.2) is 0 Å². The van der Waals surface area contributed by atoms with Crippen molar-refractivity contribution in [2.75, 3.05) is 0 Å². The summed E-state index contributed by atoms with van der Waals surface area (Å²) >= 11 is 5.48. The van der Waals surface area contributed by atoms with Crippen LogP contribution in [0.5, 0.6) is 0 Å². The molecule has 1 aromatic carbocycles. The highest BCUT2D eigenvalue weighted by Gasteiger charge is 2.19. The van der Waals surface area contributed by atoms with Gasteiger partial charge in [-0.1, -0.05) is 25.4 Å². The molecule has 0 aromatic heterocycles. The van der Waals surface area contributed by atoms with Crippen molar-refractivity contribution in [1.29, 1.82) is 0 Å². The maximum absolute atomic E-state index is 10.5. The predicted molar refractivity (Wildman–Crippen MR) is 56.4 cm³/mol. The maximum Gasteiger partial charge on any atom is 0.342 e. The van der Waals surface area contributed by atoms with Crippen LogP contribution in [-0.2, 0) is 0 Å². The third-order valence-corrected chi connectivity index (χ3v) is 1.62. The van der Waals surface area contributed by atoms with Crippen molar-refractivity contribution in [3.63, 3.8) is 0 Å². The third-order valence-electron chi connectivity index (χ3n) is 1.39. The molecule has 0 saturated heterocycles. The first-order valence-electron chi connectivity index (χ1n) is 4.19. The van der Waals surface area contributed by atoms with E-state index >= 15 is 0 Å². The lowest BCUT2D eigenvalue weighted by atomic mass is 10.2. The van der Waals surface area contributed by atoms with E-state index in [9.17, 15) is 14.9 Å². The van der Waals surface area contributed by atoms with E-state index in [4.69, 9.17) is 16.7 Å². The summed E-state index contributed by atoms with van der Waals surface area (Å²) in [6.07, 6.45) is 0. The van der Waals surface area contributed by atoms with E-state index < -0.39 is 22.1 Å². The highest BCUT2D eigenvalue weighted by Crippen LogP contribution is 2.22. The van der Waals surface area contributed by atoms with E-state index in [1.54, 1.807) is 0 Å². The number of nitro groups is 1. The molecule has 1 N–H and O–H groups in total. The third kappa shape index (κ3) is 3.55. The zero-order valence-electron chi connectivity index (χ0n) is 8.23. The van der Waals surface area contributed by atoms with Gasteiger partial charge in [-0.3, -0.25) is 10.1 Å². The van der Waals surface area contributed by atoms with Gasteiger partial charge in [0.05, 0.1) is 4.92 Å². The number of rotatable bonds is 2. The molecule has 1 rings (SSSR count). The molecule has 0 fully saturated rings. The van der Waals surface area contributed by atoms with Gasteiger partial charge >= 0.3 is 5.97 Å². The molecule has 0 radical (unpaired) electrons. The molecule has 0 unspecified atom stereocenters. The summed E-state index contributed by atoms with van der Waals surface area (Å²) < 4.78 is 0. The fraction of sp³-hybridized carbons (Fsp3) is 0.222. The Balaban J connectivity index is 0.000000921. The quantitative estimate of drug-likeness (QED) is 0.627. The SMILES string of the molecule is CC.O=C(O)c1cc(Cl)ccc1[N+](=O)[O-]. The van der Waals surface area contributed by atoms with Gasteiger partial charge < -0.3 is 5.11 Å². The Kier molecular flexibility index (Phi) is 5.33. The minimum atomic E-state index is -1.37.